The second kappa shape index (κ2) is 9.44. The van der Waals surface area contributed by atoms with E-state index in [2.05, 4.69) is 26.3 Å². The summed E-state index contributed by atoms with van der Waals surface area (Å²) in [6, 6.07) is 13.8. The van der Waals surface area contributed by atoms with Gasteiger partial charge in [0.25, 0.3) is 5.91 Å². The molecule has 1 aromatic carbocycles. The number of hydrogen-bond donors (Lipinski definition) is 2. The number of anilines is 1. The lowest BCUT2D eigenvalue weighted by atomic mass is 10.0. The summed E-state index contributed by atoms with van der Waals surface area (Å²) in [5.41, 5.74) is 5.86. The van der Waals surface area contributed by atoms with E-state index < -0.39 is 0 Å². The fourth-order valence-electron chi connectivity index (χ4n) is 4.26. The molecule has 2 N–H and O–H groups in total. The average Bonchev–Trinajstić information content (AvgIpc) is 3.50. The van der Waals surface area contributed by atoms with Gasteiger partial charge in [-0.05, 0) is 47.9 Å². The lowest BCUT2D eigenvalue weighted by Gasteiger charge is -2.16. The van der Waals surface area contributed by atoms with Crippen LogP contribution < -0.4 is 10.2 Å². The zero-order valence-corrected chi connectivity index (χ0v) is 18.9. The Balaban J connectivity index is 1.43. The highest BCUT2D eigenvalue weighted by Gasteiger charge is 2.21. The molecule has 0 aliphatic carbocycles. The minimum atomic E-state index is -0.204. The van der Waals surface area contributed by atoms with E-state index in [1.807, 2.05) is 47.5 Å². The molecule has 4 aromatic rings. The van der Waals surface area contributed by atoms with Crippen LogP contribution in [-0.2, 0) is 9.53 Å². The lowest BCUT2D eigenvalue weighted by Crippen LogP contribution is -2.27. The van der Waals surface area contributed by atoms with Crippen LogP contribution in [0.5, 0.6) is 0 Å². The summed E-state index contributed by atoms with van der Waals surface area (Å²) >= 11 is 0. The predicted octanol–water partition coefficient (Wildman–Crippen LogP) is 3.79. The van der Waals surface area contributed by atoms with Crippen molar-refractivity contribution in [1.82, 2.24) is 20.3 Å². The Morgan fingerprint density at radius 1 is 1.12 bits per heavy atom. The number of ether oxygens (including phenoxy) is 1. The number of rotatable bonds is 7. The molecule has 0 unspecified atom stereocenters. The van der Waals surface area contributed by atoms with Crippen molar-refractivity contribution in [1.29, 1.82) is 0 Å². The van der Waals surface area contributed by atoms with E-state index >= 15 is 0 Å². The van der Waals surface area contributed by atoms with E-state index in [4.69, 9.17) is 4.74 Å². The zero-order chi connectivity index (χ0) is 23.5. The smallest absolute Gasteiger partial charge is 0.267 e. The van der Waals surface area contributed by atoms with Gasteiger partial charge in [-0.25, -0.2) is 4.98 Å². The molecule has 1 saturated heterocycles. The Morgan fingerprint density at radius 3 is 2.71 bits per heavy atom. The predicted molar refractivity (Wildman–Crippen MR) is 131 cm³/mol. The van der Waals surface area contributed by atoms with Crippen LogP contribution in [0.15, 0.2) is 61.1 Å². The Morgan fingerprint density at radius 2 is 1.94 bits per heavy atom. The number of aromatic amines is 1. The zero-order valence-electron chi connectivity index (χ0n) is 18.9. The molecule has 5 rings (SSSR count). The first-order valence-electron chi connectivity index (χ1n) is 11.2. The van der Waals surface area contributed by atoms with Crippen molar-refractivity contribution in [3.8, 4) is 22.3 Å². The first-order valence-corrected chi connectivity index (χ1v) is 11.2. The number of nitrogens with zero attached hydrogens (tertiary/aromatic N) is 3. The molecule has 8 nitrogen and oxygen atoms in total. The maximum Gasteiger partial charge on any atom is 0.267 e. The third-order valence-electron chi connectivity index (χ3n) is 6.00. The third kappa shape index (κ3) is 4.27. The number of aromatic nitrogens is 3. The molecule has 2 amide bonds. The molecule has 172 valence electrons. The van der Waals surface area contributed by atoms with Gasteiger partial charge in [0.2, 0.25) is 5.91 Å². The van der Waals surface area contributed by atoms with Gasteiger partial charge in [0.05, 0.1) is 6.61 Å². The van der Waals surface area contributed by atoms with Crippen LogP contribution in [0, 0.1) is 0 Å². The van der Waals surface area contributed by atoms with Gasteiger partial charge in [0.15, 0.2) is 0 Å². The van der Waals surface area contributed by atoms with Crippen molar-refractivity contribution in [2.24, 2.45) is 0 Å². The summed E-state index contributed by atoms with van der Waals surface area (Å²) in [5.74, 6) is -0.0270. The largest absolute Gasteiger partial charge is 0.383 e. The van der Waals surface area contributed by atoms with Crippen LogP contribution in [0.3, 0.4) is 0 Å². The van der Waals surface area contributed by atoms with Gasteiger partial charge < -0.3 is 19.9 Å². The summed E-state index contributed by atoms with van der Waals surface area (Å²) in [6.45, 7) is 1.65. The highest BCUT2D eigenvalue weighted by molar-refractivity contribution is 6.02. The number of methoxy groups -OCH3 is 1. The molecular weight excluding hydrogens is 430 g/mol. The van der Waals surface area contributed by atoms with E-state index in [9.17, 15) is 9.59 Å². The summed E-state index contributed by atoms with van der Waals surface area (Å²) in [6.07, 6.45) is 6.87. The SMILES string of the molecule is COCCNC(=O)c1cc2c(-c3cncc(-c4ccc(N5CCCC5=O)cc4)c3)ccnc2[nH]1. The maximum atomic E-state index is 12.5. The Hall–Kier alpha value is -4.04. The summed E-state index contributed by atoms with van der Waals surface area (Å²) < 4.78 is 4.99. The summed E-state index contributed by atoms with van der Waals surface area (Å²) in [7, 11) is 1.59. The van der Waals surface area contributed by atoms with Crippen LogP contribution in [0.25, 0.3) is 33.3 Å². The van der Waals surface area contributed by atoms with Gasteiger partial charge in [-0.2, -0.15) is 0 Å². The standard InChI is InChI=1S/C26H25N5O3/c1-34-12-10-29-26(33)23-14-22-21(8-9-28-25(22)30-23)19-13-18(15-27-16-19)17-4-6-20(7-5-17)31-11-2-3-24(31)32/h4-9,13-16H,2-3,10-12H2,1H3,(H,28,30)(H,29,33). The molecule has 3 aromatic heterocycles. The molecule has 0 spiro atoms. The van der Waals surface area contributed by atoms with Gasteiger partial charge >= 0.3 is 0 Å². The second-order valence-electron chi connectivity index (χ2n) is 8.21. The van der Waals surface area contributed by atoms with Gasteiger partial charge in [-0.3, -0.25) is 14.6 Å². The molecule has 1 fully saturated rings. The quantitative estimate of drug-likeness (QED) is 0.413. The number of carbonyl (C=O) groups is 2. The fourth-order valence-corrected chi connectivity index (χ4v) is 4.26. The number of pyridine rings is 2. The highest BCUT2D eigenvalue weighted by atomic mass is 16.5. The maximum absolute atomic E-state index is 12.5. The van der Waals surface area contributed by atoms with Gasteiger partial charge in [0, 0.05) is 67.4 Å². The van der Waals surface area contributed by atoms with E-state index in [1.165, 1.54) is 0 Å². The number of carbonyl (C=O) groups excluding carboxylic acids is 2. The third-order valence-corrected chi connectivity index (χ3v) is 6.00. The molecule has 0 radical (unpaired) electrons. The summed E-state index contributed by atoms with van der Waals surface area (Å²) in [5, 5.41) is 3.67. The van der Waals surface area contributed by atoms with Crippen molar-refractivity contribution in [2.45, 2.75) is 12.8 Å². The molecular formula is C26H25N5O3. The van der Waals surface area contributed by atoms with Crippen molar-refractivity contribution >= 4 is 28.5 Å². The molecule has 0 atom stereocenters. The van der Waals surface area contributed by atoms with Gasteiger partial charge in [0.1, 0.15) is 11.3 Å². The van der Waals surface area contributed by atoms with Crippen molar-refractivity contribution in [2.75, 3.05) is 31.7 Å². The van der Waals surface area contributed by atoms with Gasteiger partial charge in [-0.1, -0.05) is 12.1 Å². The van der Waals surface area contributed by atoms with E-state index in [0.29, 0.717) is 30.9 Å². The van der Waals surface area contributed by atoms with Crippen LogP contribution in [0.4, 0.5) is 5.69 Å². The fraction of sp³-hybridized carbons (Fsp3) is 0.231. The minimum Gasteiger partial charge on any atom is -0.383 e. The van der Waals surface area contributed by atoms with Crippen molar-refractivity contribution < 1.29 is 14.3 Å². The van der Waals surface area contributed by atoms with Crippen molar-refractivity contribution in [3.05, 3.63) is 66.7 Å². The topological polar surface area (TPSA) is 100 Å². The molecule has 4 heterocycles. The van der Waals surface area contributed by atoms with Crippen molar-refractivity contribution in [3.63, 3.8) is 0 Å². The first kappa shape index (κ1) is 21.8. The van der Waals surface area contributed by atoms with Crippen LogP contribution >= 0.6 is 0 Å². The minimum absolute atomic E-state index is 0.177. The lowest BCUT2D eigenvalue weighted by molar-refractivity contribution is -0.117. The second-order valence-corrected chi connectivity index (χ2v) is 8.21. The number of H-pyrrole nitrogens is 1. The van der Waals surface area contributed by atoms with Crippen LogP contribution in [0.1, 0.15) is 23.3 Å². The van der Waals surface area contributed by atoms with E-state index in [-0.39, 0.29) is 11.8 Å². The molecule has 0 bridgehead atoms. The molecule has 34 heavy (non-hydrogen) atoms. The monoisotopic (exact) mass is 455 g/mol. The van der Waals surface area contributed by atoms with E-state index in [1.54, 1.807) is 19.5 Å². The Labute approximate surface area is 197 Å². The van der Waals surface area contributed by atoms with E-state index in [0.717, 1.165) is 46.3 Å². The normalized spacial score (nSPS) is 13.6. The van der Waals surface area contributed by atoms with Crippen LogP contribution in [0.2, 0.25) is 0 Å². The molecule has 0 saturated carbocycles. The number of fused-ring (bicyclic) bond motifs is 1. The van der Waals surface area contributed by atoms with Crippen LogP contribution in [-0.4, -0.2) is 53.6 Å². The number of amides is 2. The average molecular weight is 456 g/mol. The first-order chi connectivity index (χ1) is 16.6. The Kier molecular flexibility index (Phi) is 6.05. The highest BCUT2D eigenvalue weighted by Crippen LogP contribution is 2.31. The number of hydrogen-bond acceptors (Lipinski definition) is 5. The Bertz CT molecular complexity index is 1350. The number of nitrogens with one attached hydrogen (secondary N) is 2. The summed E-state index contributed by atoms with van der Waals surface area (Å²) in [4.78, 5) is 38.3. The number of benzene rings is 1. The molecule has 8 heteroatoms. The molecule has 1 aliphatic rings. The van der Waals surface area contributed by atoms with Gasteiger partial charge in [-0.15, -0.1) is 0 Å². The molecule has 1 aliphatic heterocycles.